The monoisotopic (exact) mass is 639 g/mol. The van der Waals surface area contributed by atoms with Crippen molar-refractivity contribution in [2.45, 2.75) is 35.8 Å². The predicted octanol–water partition coefficient (Wildman–Crippen LogP) is 3.82. The molecule has 1 amide bonds. The molecule has 1 aliphatic heterocycles. The van der Waals surface area contributed by atoms with Gasteiger partial charge in [0.1, 0.15) is 17.7 Å². The first kappa shape index (κ1) is 31.7. The number of likely N-dealkylation sites (N-methyl/N-ethyl adjacent to an activating group) is 1. The molecule has 0 fully saturated rings. The lowest BCUT2D eigenvalue weighted by Crippen LogP contribution is -2.50. The van der Waals surface area contributed by atoms with Gasteiger partial charge >= 0.3 is 0 Å². The van der Waals surface area contributed by atoms with Crippen LogP contribution in [0.15, 0.2) is 76.5 Å². The van der Waals surface area contributed by atoms with Gasteiger partial charge in [-0.15, -0.1) is 0 Å². The van der Waals surface area contributed by atoms with Gasteiger partial charge in [-0.2, -0.15) is 4.31 Å². The maximum atomic E-state index is 13.7. The van der Waals surface area contributed by atoms with E-state index in [9.17, 15) is 31.1 Å². The second-order valence-electron chi connectivity index (χ2n) is 10.1. The molecule has 2 N–H and O–H groups in total. The zero-order chi connectivity index (χ0) is 30.8. The first-order valence-corrected chi connectivity index (χ1v) is 16.3. The Kier molecular flexibility index (Phi) is 9.48. The number of anilines is 1. The minimum absolute atomic E-state index is 0.0229. The first-order chi connectivity index (χ1) is 19.7. The zero-order valence-corrected chi connectivity index (χ0v) is 25.5. The summed E-state index contributed by atoms with van der Waals surface area (Å²) in [4.78, 5) is 15.0. The molecule has 1 heterocycles. The van der Waals surface area contributed by atoms with Crippen LogP contribution in [0.25, 0.3) is 0 Å². The van der Waals surface area contributed by atoms with Gasteiger partial charge in [-0.25, -0.2) is 21.2 Å². The quantitative estimate of drug-likeness (QED) is 0.364. The summed E-state index contributed by atoms with van der Waals surface area (Å²) >= 11 is 5.91. The van der Waals surface area contributed by atoms with E-state index in [1.807, 2.05) is 6.92 Å². The predicted molar refractivity (Wildman–Crippen MR) is 156 cm³/mol. The fourth-order valence-electron chi connectivity index (χ4n) is 4.47. The number of carbonyl (C=O) groups is 1. The van der Waals surface area contributed by atoms with Crippen LogP contribution in [0.2, 0.25) is 5.02 Å². The molecule has 0 aliphatic carbocycles. The molecular weight excluding hydrogens is 609 g/mol. The number of nitrogens with one attached hydrogen (secondary N) is 1. The fourth-order valence-corrected chi connectivity index (χ4v) is 6.83. The van der Waals surface area contributed by atoms with E-state index < -0.39 is 43.9 Å². The molecule has 4 rings (SSSR count). The number of benzene rings is 3. The van der Waals surface area contributed by atoms with Crippen molar-refractivity contribution in [2.24, 2.45) is 5.92 Å². The highest BCUT2D eigenvalue weighted by atomic mass is 35.5. The number of carbonyl (C=O) groups excluding carboxylic acids is 1. The summed E-state index contributed by atoms with van der Waals surface area (Å²) in [6.45, 7) is 3.21. The van der Waals surface area contributed by atoms with Crippen LogP contribution in [0.4, 0.5) is 10.1 Å². The van der Waals surface area contributed by atoms with Crippen LogP contribution in [-0.2, 0) is 20.0 Å². The van der Waals surface area contributed by atoms with Gasteiger partial charge in [0.15, 0.2) is 0 Å². The number of amides is 1. The molecule has 0 saturated heterocycles. The third-order valence-electron chi connectivity index (χ3n) is 7.00. The van der Waals surface area contributed by atoms with Gasteiger partial charge < -0.3 is 14.7 Å². The van der Waals surface area contributed by atoms with Crippen LogP contribution in [-0.4, -0.2) is 75.9 Å². The Bertz CT molecular complexity index is 1650. The lowest BCUT2D eigenvalue weighted by molar-refractivity contribution is 0.0387. The van der Waals surface area contributed by atoms with Crippen molar-refractivity contribution < 1.29 is 35.9 Å². The standard InChI is InChI=1S/C28H31ClFN3O7S2/c1-18-15-33(19(2)17-34)28(35)25-14-22(31-41(36,37)23-11-6-21(30)7-12-23)8-13-26(25)40-27(18)16-32(3)42(38,39)24-9-4-20(29)5-10-24/h4-14,18-19,27,31,34H,15-17H2,1-3H3/t18-,19+,27-/m1/s1. The zero-order valence-electron chi connectivity index (χ0n) is 23.1. The van der Waals surface area contributed by atoms with Gasteiger partial charge in [-0.1, -0.05) is 18.5 Å². The van der Waals surface area contributed by atoms with Crippen molar-refractivity contribution in [3.05, 3.63) is 83.1 Å². The summed E-state index contributed by atoms with van der Waals surface area (Å²) in [5, 5.41) is 10.3. The van der Waals surface area contributed by atoms with Gasteiger partial charge in [0.25, 0.3) is 15.9 Å². The maximum Gasteiger partial charge on any atom is 0.261 e. The van der Waals surface area contributed by atoms with E-state index in [0.717, 1.165) is 28.6 Å². The summed E-state index contributed by atoms with van der Waals surface area (Å²) in [5.74, 6) is -1.34. The highest BCUT2D eigenvalue weighted by molar-refractivity contribution is 7.92. The summed E-state index contributed by atoms with van der Waals surface area (Å²) in [6, 6.07) is 13.6. The molecule has 3 aromatic carbocycles. The van der Waals surface area contributed by atoms with Crippen molar-refractivity contribution in [1.82, 2.24) is 9.21 Å². The summed E-state index contributed by atoms with van der Waals surface area (Å²) < 4.78 is 75.4. The number of fused-ring (bicyclic) bond motifs is 1. The van der Waals surface area contributed by atoms with E-state index in [2.05, 4.69) is 4.72 Å². The molecule has 0 saturated carbocycles. The molecule has 42 heavy (non-hydrogen) atoms. The lowest BCUT2D eigenvalue weighted by atomic mass is 9.99. The van der Waals surface area contributed by atoms with E-state index in [4.69, 9.17) is 16.3 Å². The van der Waals surface area contributed by atoms with Crippen LogP contribution in [0.3, 0.4) is 0 Å². The summed E-state index contributed by atoms with van der Waals surface area (Å²) in [7, 11) is -6.59. The second kappa shape index (κ2) is 12.6. The first-order valence-electron chi connectivity index (χ1n) is 13.0. The smallest absolute Gasteiger partial charge is 0.261 e. The molecule has 1 aliphatic rings. The van der Waals surface area contributed by atoms with E-state index in [0.29, 0.717) is 5.02 Å². The molecule has 0 aromatic heterocycles. The molecular formula is C28H31ClFN3O7S2. The Labute approximate surface area is 249 Å². The number of sulfonamides is 2. The van der Waals surface area contributed by atoms with Gasteiger partial charge in [-0.3, -0.25) is 9.52 Å². The van der Waals surface area contributed by atoms with Crippen molar-refractivity contribution in [3.63, 3.8) is 0 Å². The van der Waals surface area contributed by atoms with Crippen LogP contribution in [0, 0.1) is 11.7 Å². The van der Waals surface area contributed by atoms with Gasteiger partial charge in [-0.05, 0) is 73.7 Å². The second-order valence-corrected chi connectivity index (χ2v) is 14.3. The number of halogens is 2. The maximum absolute atomic E-state index is 13.7. The Morgan fingerprint density at radius 2 is 1.69 bits per heavy atom. The van der Waals surface area contributed by atoms with Crippen molar-refractivity contribution in [2.75, 3.05) is 31.5 Å². The molecule has 0 radical (unpaired) electrons. The number of hydrogen-bond donors (Lipinski definition) is 2. The van der Waals surface area contributed by atoms with Crippen LogP contribution < -0.4 is 9.46 Å². The Hall–Kier alpha value is -3.23. The average molecular weight is 640 g/mol. The molecule has 0 unspecified atom stereocenters. The largest absolute Gasteiger partial charge is 0.488 e. The minimum Gasteiger partial charge on any atom is -0.488 e. The van der Waals surface area contributed by atoms with E-state index in [1.165, 1.54) is 54.4 Å². The number of hydrogen-bond acceptors (Lipinski definition) is 7. The van der Waals surface area contributed by atoms with E-state index >= 15 is 0 Å². The van der Waals surface area contributed by atoms with Crippen LogP contribution in [0.1, 0.15) is 24.2 Å². The SMILES string of the molecule is C[C@@H]1CN([C@@H](C)CO)C(=O)c2cc(NS(=O)(=O)c3ccc(F)cc3)ccc2O[C@@H]1CN(C)S(=O)(=O)c1ccc(Cl)cc1. The summed E-state index contributed by atoms with van der Waals surface area (Å²) in [5.41, 5.74) is 0.0777. The molecule has 3 aromatic rings. The van der Waals surface area contributed by atoms with Gasteiger partial charge in [0, 0.05) is 30.2 Å². The molecule has 0 spiro atoms. The van der Waals surface area contributed by atoms with E-state index in [1.54, 1.807) is 6.92 Å². The highest BCUT2D eigenvalue weighted by Crippen LogP contribution is 2.32. The average Bonchev–Trinajstić information content (AvgIpc) is 2.95. The Morgan fingerprint density at radius 3 is 2.31 bits per heavy atom. The molecule has 14 heteroatoms. The number of ether oxygens (including phenoxy) is 1. The van der Waals surface area contributed by atoms with Crippen LogP contribution >= 0.6 is 11.6 Å². The normalized spacial score (nSPS) is 18.5. The van der Waals surface area contributed by atoms with Crippen molar-refractivity contribution in [1.29, 1.82) is 0 Å². The van der Waals surface area contributed by atoms with Gasteiger partial charge in [0.2, 0.25) is 10.0 Å². The highest BCUT2D eigenvalue weighted by Gasteiger charge is 2.35. The van der Waals surface area contributed by atoms with Crippen LogP contribution in [0.5, 0.6) is 5.75 Å². The third-order valence-corrected chi connectivity index (χ3v) is 10.5. The Morgan fingerprint density at radius 1 is 1.07 bits per heavy atom. The van der Waals surface area contributed by atoms with Gasteiger partial charge in [0.05, 0.1) is 34.5 Å². The number of nitrogens with zero attached hydrogens (tertiary/aromatic N) is 2. The topological polar surface area (TPSA) is 133 Å². The number of aliphatic hydroxyl groups is 1. The number of rotatable bonds is 9. The minimum atomic E-state index is -4.11. The third kappa shape index (κ3) is 6.87. The molecule has 0 bridgehead atoms. The molecule has 226 valence electrons. The van der Waals surface area contributed by atoms with Crippen molar-refractivity contribution >= 4 is 43.2 Å². The van der Waals surface area contributed by atoms with E-state index in [-0.39, 0.29) is 52.4 Å². The number of aliphatic hydroxyl groups excluding tert-OH is 1. The molecule has 10 nitrogen and oxygen atoms in total. The molecule has 3 atom stereocenters. The summed E-state index contributed by atoms with van der Waals surface area (Å²) in [6.07, 6.45) is -0.723. The lowest BCUT2D eigenvalue weighted by Gasteiger charge is -2.38. The van der Waals surface area contributed by atoms with Crippen molar-refractivity contribution in [3.8, 4) is 5.75 Å². The fraction of sp³-hybridized carbons (Fsp3) is 0.321. The Balaban J connectivity index is 1.68.